The van der Waals surface area contributed by atoms with E-state index in [0.717, 1.165) is 0 Å². The van der Waals surface area contributed by atoms with Gasteiger partial charge in [-0.3, -0.25) is 9.59 Å². The van der Waals surface area contributed by atoms with Crippen LogP contribution in [0.5, 0.6) is 0 Å². The lowest BCUT2D eigenvalue weighted by Gasteiger charge is -2.07. The van der Waals surface area contributed by atoms with Gasteiger partial charge >= 0.3 is 17.8 Å². The molecule has 1 aromatic rings. The summed E-state index contributed by atoms with van der Waals surface area (Å²) in [6, 6.07) is 6.11. The summed E-state index contributed by atoms with van der Waals surface area (Å²) < 4.78 is 9.99. The Morgan fingerprint density at radius 3 is 2.30 bits per heavy atom. The third-order valence-electron chi connectivity index (χ3n) is 2.82. The monoisotopic (exact) mass is 322 g/mol. The second-order valence-electron chi connectivity index (χ2n) is 4.56. The molecule has 0 atom stereocenters. The maximum Gasteiger partial charge on any atom is 0.338 e. The van der Waals surface area contributed by atoms with Gasteiger partial charge in [-0.2, -0.15) is 0 Å². The quantitative estimate of drug-likeness (QED) is 0.428. The Balaban J connectivity index is 2.41. The molecule has 0 aliphatic rings. The molecule has 7 heteroatoms. The van der Waals surface area contributed by atoms with Gasteiger partial charge in [-0.25, -0.2) is 4.79 Å². The maximum atomic E-state index is 11.7. The van der Waals surface area contributed by atoms with Crippen LogP contribution in [-0.4, -0.2) is 44.1 Å². The molecule has 7 nitrogen and oxygen atoms in total. The van der Waals surface area contributed by atoms with Gasteiger partial charge in [0.15, 0.2) is 0 Å². The molecule has 126 valence electrons. The average Bonchev–Trinajstić information content (AvgIpc) is 2.55. The van der Waals surface area contributed by atoms with E-state index in [1.807, 2.05) is 6.92 Å². The molecule has 0 bridgehead atoms. The first kappa shape index (κ1) is 18.6. The summed E-state index contributed by atoms with van der Waals surface area (Å²) in [4.78, 5) is 34.8. The van der Waals surface area contributed by atoms with E-state index in [1.165, 1.54) is 24.3 Å². The van der Waals surface area contributed by atoms with Crippen molar-refractivity contribution < 1.29 is 23.9 Å². The first-order valence-corrected chi connectivity index (χ1v) is 7.52. The lowest BCUT2D eigenvalue weighted by atomic mass is 10.2. The third-order valence-corrected chi connectivity index (χ3v) is 2.82. The lowest BCUT2D eigenvalue weighted by Crippen LogP contribution is -2.36. The van der Waals surface area contributed by atoms with E-state index in [4.69, 9.17) is 9.47 Å². The number of benzene rings is 1. The van der Waals surface area contributed by atoms with Crippen LogP contribution >= 0.6 is 0 Å². The topological polar surface area (TPSA) is 93.7 Å². The second-order valence-corrected chi connectivity index (χ2v) is 4.56. The second kappa shape index (κ2) is 10.3. The van der Waals surface area contributed by atoms with E-state index < -0.39 is 17.8 Å². The van der Waals surface area contributed by atoms with Crippen molar-refractivity contribution in [2.45, 2.75) is 20.3 Å². The molecule has 0 fully saturated rings. The van der Waals surface area contributed by atoms with Crippen molar-refractivity contribution in [3.63, 3.8) is 0 Å². The molecule has 0 heterocycles. The van der Waals surface area contributed by atoms with Crippen LogP contribution in [0.1, 0.15) is 30.6 Å². The van der Waals surface area contributed by atoms with Crippen molar-refractivity contribution in [2.75, 3.05) is 31.7 Å². The summed E-state index contributed by atoms with van der Waals surface area (Å²) in [5.74, 6) is -1.90. The Kier molecular flexibility index (Phi) is 8.38. The van der Waals surface area contributed by atoms with Gasteiger partial charge in [-0.15, -0.1) is 0 Å². The largest absolute Gasteiger partial charge is 0.462 e. The lowest BCUT2D eigenvalue weighted by molar-refractivity contribution is -0.136. The van der Waals surface area contributed by atoms with Crippen LogP contribution in [0.3, 0.4) is 0 Å². The smallest absolute Gasteiger partial charge is 0.338 e. The maximum absolute atomic E-state index is 11.7. The van der Waals surface area contributed by atoms with E-state index in [-0.39, 0.29) is 0 Å². The number of carbonyl (C=O) groups is 3. The highest BCUT2D eigenvalue weighted by Crippen LogP contribution is 2.10. The van der Waals surface area contributed by atoms with E-state index >= 15 is 0 Å². The molecular weight excluding hydrogens is 300 g/mol. The van der Waals surface area contributed by atoms with Crippen LogP contribution in [0.25, 0.3) is 0 Å². The number of nitrogens with one attached hydrogen (secondary N) is 2. The van der Waals surface area contributed by atoms with Gasteiger partial charge in [0.25, 0.3) is 0 Å². The fourth-order valence-corrected chi connectivity index (χ4v) is 1.69. The van der Waals surface area contributed by atoms with Crippen LogP contribution in [0.2, 0.25) is 0 Å². The van der Waals surface area contributed by atoms with Gasteiger partial charge in [0, 0.05) is 25.4 Å². The first-order chi connectivity index (χ1) is 11.1. The standard InChI is InChI=1S/C16H22N2O5/c1-3-22-11-5-10-17-14(19)15(20)18-13-8-6-12(7-9-13)16(21)23-4-2/h6-9H,3-5,10-11H2,1-2H3,(H,17,19)(H,18,20). The number of anilines is 1. The summed E-state index contributed by atoms with van der Waals surface area (Å²) in [6.45, 7) is 5.43. The number of carbonyl (C=O) groups excluding carboxylic acids is 3. The number of amides is 2. The van der Waals surface area contributed by atoms with Crippen molar-refractivity contribution in [1.82, 2.24) is 5.32 Å². The molecule has 0 saturated carbocycles. The molecule has 0 spiro atoms. The molecule has 0 aliphatic carbocycles. The van der Waals surface area contributed by atoms with Crippen LogP contribution in [0, 0.1) is 0 Å². The minimum atomic E-state index is -0.759. The summed E-state index contributed by atoms with van der Waals surface area (Å²) in [5.41, 5.74) is 0.803. The van der Waals surface area contributed by atoms with E-state index in [9.17, 15) is 14.4 Å². The molecule has 2 N–H and O–H groups in total. The number of hydrogen-bond acceptors (Lipinski definition) is 5. The normalized spacial score (nSPS) is 10.0. The molecule has 0 aliphatic heterocycles. The number of rotatable bonds is 8. The summed E-state index contributed by atoms with van der Waals surface area (Å²) in [5, 5.41) is 4.96. The van der Waals surface area contributed by atoms with Gasteiger partial charge in [0.1, 0.15) is 0 Å². The highest BCUT2D eigenvalue weighted by molar-refractivity contribution is 6.39. The molecule has 23 heavy (non-hydrogen) atoms. The summed E-state index contributed by atoms with van der Waals surface area (Å²) in [6.07, 6.45) is 0.640. The Bertz CT molecular complexity index is 528. The molecule has 1 aromatic carbocycles. The highest BCUT2D eigenvalue weighted by atomic mass is 16.5. The minimum absolute atomic E-state index is 0.292. The summed E-state index contributed by atoms with van der Waals surface area (Å²) >= 11 is 0. The van der Waals surface area contributed by atoms with Crippen molar-refractivity contribution in [2.24, 2.45) is 0 Å². The molecule has 0 aromatic heterocycles. The third kappa shape index (κ3) is 6.92. The van der Waals surface area contributed by atoms with Crippen molar-refractivity contribution in [3.05, 3.63) is 29.8 Å². The Labute approximate surface area is 135 Å². The molecule has 1 rings (SSSR count). The first-order valence-electron chi connectivity index (χ1n) is 7.52. The predicted octanol–water partition coefficient (Wildman–Crippen LogP) is 1.34. The van der Waals surface area contributed by atoms with Gasteiger partial charge in [0.2, 0.25) is 0 Å². The van der Waals surface area contributed by atoms with Gasteiger partial charge in [-0.05, 0) is 44.5 Å². The number of hydrogen-bond donors (Lipinski definition) is 2. The average molecular weight is 322 g/mol. The van der Waals surface area contributed by atoms with E-state index in [2.05, 4.69) is 10.6 Å². The van der Waals surface area contributed by atoms with Crippen molar-refractivity contribution in [1.29, 1.82) is 0 Å². The van der Waals surface area contributed by atoms with Crippen molar-refractivity contribution in [3.8, 4) is 0 Å². The molecule has 0 saturated heterocycles. The zero-order chi connectivity index (χ0) is 17.1. The molecular formula is C16H22N2O5. The van der Waals surface area contributed by atoms with Crippen LogP contribution < -0.4 is 10.6 Å². The van der Waals surface area contributed by atoms with Gasteiger partial charge in [0.05, 0.1) is 12.2 Å². The predicted molar refractivity (Wildman–Crippen MR) is 85.1 cm³/mol. The van der Waals surface area contributed by atoms with E-state index in [0.29, 0.717) is 44.0 Å². The number of ether oxygens (including phenoxy) is 2. The van der Waals surface area contributed by atoms with Crippen molar-refractivity contribution >= 4 is 23.5 Å². The fraction of sp³-hybridized carbons (Fsp3) is 0.438. The molecule has 0 unspecified atom stereocenters. The summed E-state index contributed by atoms with van der Waals surface area (Å²) in [7, 11) is 0. The molecule has 2 amide bonds. The zero-order valence-electron chi connectivity index (χ0n) is 13.4. The van der Waals surface area contributed by atoms with Gasteiger partial charge < -0.3 is 20.1 Å². The molecule has 0 radical (unpaired) electrons. The van der Waals surface area contributed by atoms with E-state index in [1.54, 1.807) is 6.92 Å². The minimum Gasteiger partial charge on any atom is -0.462 e. The zero-order valence-corrected chi connectivity index (χ0v) is 13.4. The highest BCUT2D eigenvalue weighted by Gasteiger charge is 2.13. The SMILES string of the molecule is CCOCCCNC(=O)C(=O)Nc1ccc(C(=O)OCC)cc1. The Hall–Kier alpha value is -2.41. The fourth-order valence-electron chi connectivity index (χ4n) is 1.69. The van der Waals surface area contributed by atoms with Crippen LogP contribution in [0.15, 0.2) is 24.3 Å². The Morgan fingerprint density at radius 2 is 1.70 bits per heavy atom. The van der Waals surface area contributed by atoms with Gasteiger partial charge in [-0.1, -0.05) is 0 Å². The van der Waals surface area contributed by atoms with Crippen LogP contribution in [0.4, 0.5) is 5.69 Å². The van der Waals surface area contributed by atoms with Crippen LogP contribution in [-0.2, 0) is 19.1 Å². The Morgan fingerprint density at radius 1 is 1.00 bits per heavy atom. The number of esters is 1.